The lowest BCUT2D eigenvalue weighted by Gasteiger charge is -2.39. The first-order valence-corrected chi connectivity index (χ1v) is 8.90. The van der Waals surface area contributed by atoms with E-state index in [4.69, 9.17) is 5.73 Å². The Labute approximate surface area is 150 Å². The molecule has 10 heteroatoms. The maximum atomic E-state index is 12.7. The van der Waals surface area contributed by atoms with Crippen molar-refractivity contribution in [2.75, 3.05) is 26.2 Å². The summed E-state index contributed by atoms with van der Waals surface area (Å²) in [5, 5.41) is 6.28. The monoisotopic (exact) mass is 361 g/mol. The van der Waals surface area contributed by atoms with E-state index in [9.17, 15) is 14.4 Å². The van der Waals surface area contributed by atoms with Crippen molar-refractivity contribution in [2.45, 2.75) is 32.4 Å². The zero-order valence-electron chi connectivity index (χ0n) is 14.7. The molecule has 4 rings (SSSR count). The third kappa shape index (κ3) is 2.90. The molecule has 1 saturated carbocycles. The quantitative estimate of drug-likeness (QED) is 0.748. The fraction of sp³-hybridized carbons (Fsp3) is 0.625. The van der Waals surface area contributed by atoms with E-state index in [2.05, 4.69) is 10.3 Å². The molecular formula is C16H23N7O3. The van der Waals surface area contributed by atoms with E-state index in [0.29, 0.717) is 38.5 Å². The first kappa shape index (κ1) is 16.8. The summed E-state index contributed by atoms with van der Waals surface area (Å²) in [5.74, 6) is 0.797. The van der Waals surface area contributed by atoms with Gasteiger partial charge in [0.25, 0.3) is 0 Å². The lowest BCUT2D eigenvalue weighted by Crippen LogP contribution is -2.59. The van der Waals surface area contributed by atoms with Crippen LogP contribution in [0.4, 0.5) is 9.59 Å². The van der Waals surface area contributed by atoms with Crippen LogP contribution in [0.3, 0.4) is 0 Å². The highest BCUT2D eigenvalue weighted by molar-refractivity contribution is 5.87. The van der Waals surface area contributed by atoms with Gasteiger partial charge in [-0.3, -0.25) is 9.80 Å². The zero-order chi connectivity index (χ0) is 18.4. The predicted octanol–water partition coefficient (Wildman–Crippen LogP) is -0.519. The van der Waals surface area contributed by atoms with E-state index in [1.165, 1.54) is 0 Å². The largest absolute Gasteiger partial charge is 0.352 e. The average molecular weight is 361 g/mol. The van der Waals surface area contributed by atoms with Gasteiger partial charge in [0.15, 0.2) is 0 Å². The highest BCUT2D eigenvalue weighted by Gasteiger charge is 2.41. The van der Waals surface area contributed by atoms with E-state index in [0.717, 1.165) is 18.5 Å². The number of hydrogen-bond acceptors (Lipinski definition) is 5. The van der Waals surface area contributed by atoms with Crippen molar-refractivity contribution >= 4 is 18.0 Å². The maximum Gasteiger partial charge on any atom is 0.344 e. The molecule has 1 unspecified atom stereocenters. The topological polar surface area (TPSA) is 117 Å². The van der Waals surface area contributed by atoms with Crippen LogP contribution in [-0.2, 0) is 11.3 Å². The minimum Gasteiger partial charge on any atom is -0.352 e. The van der Waals surface area contributed by atoms with Crippen LogP contribution in [0.25, 0.3) is 0 Å². The van der Waals surface area contributed by atoms with Gasteiger partial charge in [-0.05, 0) is 25.7 Å². The Hall–Kier alpha value is -2.62. The first-order valence-electron chi connectivity index (χ1n) is 8.90. The number of imidazole rings is 1. The number of nitrogens with zero attached hydrogens (tertiary/aromatic N) is 5. The SMILES string of the molecule is Cc1ncc2n1C(=O)N(N1CCN(C(=O)C(NC(N)=O)C3CC3)CC1)C2. The van der Waals surface area contributed by atoms with Gasteiger partial charge >= 0.3 is 12.1 Å². The first-order chi connectivity index (χ1) is 12.5. The molecule has 1 aliphatic carbocycles. The molecule has 3 aliphatic rings. The summed E-state index contributed by atoms with van der Waals surface area (Å²) in [6, 6.07) is -1.29. The zero-order valence-corrected chi connectivity index (χ0v) is 14.7. The number of aromatic nitrogens is 2. The van der Waals surface area contributed by atoms with Gasteiger partial charge in [0.2, 0.25) is 5.91 Å². The molecule has 140 valence electrons. The fourth-order valence-electron chi connectivity index (χ4n) is 3.74. The number of aryl methyl sites for hydroxylation is 1. The van der Waals surface area contributed by atoms with Gasteiger partial charge in [0, 0.05) is 26.2 Å². The van der Waals surface area contributed by atoms with Crippen LogP contribution in [-0.4, -0.2) is 74.7 Å². The molecule has 0 radical (unpaired) electrons. The van der Waals surface area contributed by atoms with Crippen molar-refractivity contribution < 1.29 is 14.4 Å². The van der Waals surface area contributed by atoms with Crippen molar-refractivity contribution in [3.63, 3.8) is 0 Å². The molecule has 1 aromatic rings. The second-order valence-electron chi connectivity index (χ2n) is 7.08. The number of fused-ring (bicyclic) bond motifs is 1. The summed E-state index contributed by atoms with van der Waals surface area (Å²) in [6.07, 6.45) is 3.60. The summed E-state index contributed by atoms with van der Waals surface area (Å²) in [7, 11) is 0. The third-order valence-electron chi connectivity index (χ3n) is 5.30. The predicted molar refractivity (Wildman–Crippen MR) is 90.7 cm³/mol. The average Bonchev–Trinajstić information content (AvgIpc) is 3.32. The molecular weight excluding hydrogens is 338 g/mol. The van der Waals surface area contributed by atoms with Gasteiger partial charge in [0.1, 0.15) is 11.9 Å². The second kappa shape index (κ2) is 6.27. The van der Waals surface area contributed by atoms with E-state index < -0.39 is 12.1 Å². The van der Waals surface area contributed by atoms with E-state index in [1.807, 2.05) is 11.9 Å². The number of nitrogens with two attached hydrogens (primary N) is 1. The van der Waals surface area contributed by atoms with Crippen LogP contribution in [0.5, 0.6) is 0 Å². The summed E-state index contributed by atoms with van der Waals surface area (Å²) < 4.78 is 1.62. The number of primary amides is 1. The lowest BCUT2D eigenvalue weighted by molar-refractivity contribution is -0.137. The van der Waals surface area contributed by atoms with Crippen LogP contribution in [0.15, 0.2) is 6.20 Å². The van der Waals surface area contributed by atoms with Gasteiger partial charge in [-0.1, -0.05) is 0 Å². The lowest BCUT2D eigenvalue weighted by atomic mass is 10.1. The highest BCUT2D eigenvalue weighted by atomic mass is 16.2. The van der Waals surface area contributed by atoms with Crippen LogP contribution in [0.2, 0.25) is 0 Å². The molecule has 10 nitrogen and oxygen atoms in total. The van der Waals surface area contributed by atoms with Gasteiger partial charge in [-0.15, -0.1) is 0 Å². The van der Waals surface area contributed by atoms with Crippen molar-refractivity contribution in [2.24, 2.45) is 11.7 Å². The second-order valence-corrected chi connectivity index (χ2v) is 7.08. The third-order valence-corrected chi connectivity index (χ3v) is 5.30. The Bertz CT molecular complexity index is 749. The number of amides is 4. The van der Waals surface area contributed by atoms with Gasteiger partial charge in [-0.25, -0.2) is 24.1 Å². The van der Waals surface area contributed by atoms with Crippen LogP contribution >= 0.6 is 0 Å². The smallest absolute Gasteiger partial charge is 0.344 e. The number of piperazine rings is 1. The minimum absolute atomic E-state index is 0.0787. The molecule has 2 fully saturated rings. The summed E-state index contributed by atoms with van der Waals surface area (Å²) >= 11 is 0. The molecule has 1 atom stereocenters. The Balaban J connectivity index is 1.36. The van der Waals surface area contributed by atoms with E-state index in [-0.39, 0.29) is 17.9 Å². The molecule has 1 aromatic heterocycles. The fourth-order valence-corrected chi connectivity index (χ4v) is 3.74. The number of urea groups is 1. The summed E-state index contributed by atoms with van der Waals surface area (Å²) in [5.41, 5.74) is 6.09. The summed E-state index contributed by atoms with van der Waals surface area (Å²) in [4.78, 5) is 42.4. The summed E-state index contributed by atoms with van der Waals surface area (Å²) in [6.45, 7) is 4.48. The van der Waals surface area contributed by atoms with Crippen molar-refractivity contribution in [3.8, 4) is 0 Å². The maximum absolute atomic E-state index is 12.7. The highest BCUT2D eigenvalue weighted by Crippen LogP contribution is 2.33. The number of hydrazine groups is 1. The Morgan fingerprint density at radius 3 is 2.54 bits per heavy atom. The molecule has 0 bridgehead atoms. The van der Waals surface area contributed by atoms with Crippen LogP contribution < -0.4 is 11.1 Å². The van der Waals surface area contributed by atoms with Gasteiger partial charge < -0.3 is 16.0 Å². The Morgan fingerprint density at radius 2 is 1.96 bits per heavy atom. The number of hydrogen-bond donors (Lipinski definition) is 2. The number of nitrogens with one attached hydrogen (secondary N) is 1. The van der Waals surface area contributed by atoms with Gasteiger partial charge in [-0.2, -0.15) is 0 Å². The van der Waals surface area contributed by atoms with Crippen LogP contribution in [0.1, 0.15) is 24.4 Å². The van der Waals surface area contributed by atoms with Gasteiger partial charge in [0.05, 0.1) is 18.4 Å². The van der Waals surface area contributed by atoms with E-state index in [1.54, 1.807) is 20.7 Å². The minimum atomic E-state index is -0.664. The molecule has 26 heavy (non-hydrogen) atoms. The Morgan fingerprint density at radius 1 is 1.27 bits per heavy atom. The number of carbonyl (C=O) groups is 3. The number of carbonyl (C=O) groups excluding carboxylic acids is 3. The van der Waals surface area contributed by atoms with Crippen molar-refractivity contribution in [1.29, 1.82) is 0 Å². The Kier molecular flexibility index (Phi) is 4.06. The molecule has 3 N–H and O–H groups in total. The molecule has 2 aliphatic heterocycles. The van der Waals surface area contributed by atoms with Crippen LogP contribution in [0, 0.1) is 12.8 Å². The molecule has 0 aromatic carbocycles. The molecule has 4 amide bonds. The standard InChI is InChI=1S/C16H23N7O3/c1-10-18-8-12-9-22(16(26)23(10)12)21-6-4-20(5-7-21)14(24)13(11-2-3-11)19-15(17)25/h8,11,13H,2-7,9H2,1H3,(H3,17,19,25). The molecule has 3 heterocycles. The van der Waals surface area contributed by atoms with Crippen molar-refractivity contribution in [3.05, 3.63) is 17.7 Å². The van der Waals surface area contributed by atoms with E-state index >= 15 is 0 Å². The number of rotatable bonds is 4. The normalized spacial score (nSPS) is 21.7. The van der Waals surface area contributed by atoms with Crippen molar-refractivity contribution in [1.82, 2.24) is 29.8 Å². The molecule has 0 spiro atoms. The molecule has 1 saturated heterocycles.